The molecule has 0 nitrogen and oxygen atoms in total. The summed E-state index contributed by atoms with van der Waals surface area (Å²) in [5.74, 6) is 0. The number of hydrogen-bond donors (Lipinski definition) is 0. The van der Waals surface area contributed by atoms with Gasteiger partial charge in [-0.2, -0.15) is 35.1 Å². The van der Waals surface area contributed by atoms with Gasteiger partial charge in [0.2, 0.25) is 0 Å². The minimum atomic E-state index is 0. The van der Waals surface area contributed by atoms with Crippen molar-refractivity contribution in [2.45, 2.75) is 6.92 Å². The van der Waals surface area contributed by atoms with Gasteiger partial charge in [0.1, 0.15) is 0 Å². The molecule has 15 heavy (non-hydrogen) atoms. The average molecular weight is 389 g/mol. The predicted molar refractivity (Wildman–Crippen MR) is 62.9 cm³/mol. The Labute approximate surface area is 106 Å². The number of hydrogen-bond acceptors (Lipinski definition) is 1. The van der Waals surface area contributed by atoms with Crippen molar-refractivity contribution in [1.82, 2.24) is 0 Å². The number of thiophene rings is 1. The van der Waals surface area contributed by atoms with Crippen LogP contribution in [0.2, 0.25) is 0 Å². The molecule has 2 heteroatoms. The van der Waals surface area contributed by atoms with Gasteiger partial charge in [-0.25, -0.2) is 0 Å². The monoisotopic (exact) mass is 390 g/mol. The van der Waals surface area contributed by atoms with E-state index < -0.39 is 0 Å². The molecule has 0 aliphatic rings. The first-order chi connectivity index (χ1) is 6.86. The smallest absolute Gasteiger partial charge is 0.0211 e. The zero-order valence-corrected chi connectivity index (χ0v) is 11.4. The van der Waals surface area contributed by atoms with Crippen molar-refractivity contribution < 1.29 is 20.1 Å². The first kappa shape index (κ1) is 10.8. The number of benzene rings is 2. The van der Waals surface area contributed by atoms with Crippen LogP contribution in [0.5, 0.6) is 0 Å². The van der Waals surface area contributed by atoms with Gasteiger partial charge in [-0.1, -0.05) is 35.2 Å². The Morgan fingerprint density at radius 2 is 1.87 bits per heavy atom. The minimum Gasteiger partial charge on any atom is -0.180 e. The summed E-state index contributed by atoms with van der Waals surface area (Å²) < 4.78 is 2.73. The van der Waals surface area contributed by atoms with Gasteiger partial charge in [-0.15, -0.1) is 5.39 Å². The van der Waals surface area contributed by atoms with E-state index in [1.165, 1.54) is 25.7 Å². The topological polar surface area (TPSA) is 0 Å². The third-order valence-electron chi connectivity index (χ3n) is 2.53. The van der Waals surface area contributed by atoms with E-state index in [9.17, 15) is 0 Å². The molecule has 0 spiro atoms. The molecule has 0 aliphatic heterocycles. The summed E-state index contributed by atoms with van der Waals surface area (Å²) in [7, 11) is 0. The van der Waals surface area contributed by atoms with Crippen LogP contribution < -0.4 is 0 Å². The van der Waals surface area contributed by atoms with Gasteiger partial charge < -0.3 is 0 Å². The maximum atomic E-state index is 3.26. The third-order valence-corrected chi connectivity index (χ3v) is 3.67. The summed E-state index contributed by atoms with van der Waals surface area (Å²) in [4.78, 5) is 0. The van der Waals surface area contributed by atoms with E-state index in [-0.39, 0.29) is 20.1 Å². The fourth-order valence-electron chi connectivity index (χ4n) is 1.88. The molecule has 0 N–H and O–H groups in total. The maximum absolute atomic E-state index is 3.26. The first-order valence-electron chi connectivity index (χ1n) is 4.65. The van der Waals surface area contributed by atoms with E-state index in [1.807, 2.05) is 17.4 Å². The van der Waals surface area contributed by atoms with Crippen molar-refractivity contribution in [1.29, 1.82) is 0 Å². The molecule has 0 unspecified atom stereocenters. The Morgan fingerprint density at radius 3 is 2.73 bits per heavy atom. The summed E-state index contributed by atoms with van der Waals surface area (Å²) in [6.45, 7) is 2.13. The Kier molecular flexibility index (Phi) is 2.92. The van der Waals surface area contributed by atoms with E-state index in [4.69, 9.17) is 0 Å². The molecule has 77 valence electrons. The molecule has 2 aromatic carbocycles. The Morgan fingerprint density at radius 1 is 1.07 bits per heavy atom. The second-order valence-corrected chi connectivity index (χ2v) is 4.52. The maximum Gasteiger partial charge on any atom is 0.0211 e. The Hall–Kier alpha value is -0.691. The van der Waals surface area contributed by atoms with E-state index >= 15 is 0 Å². The molecular formula is C13H9IrS-. The van der Waals surface area contributed by atoms with Crippen LogP contribution in [0.3, 0.4) is 0 Å². The normalized spacial score (nSPS) is 10.5. The molecule has 0 amide bonds. The van der Waals surface area contributed by atoms with Crippen LogP contribution in [0.1, 0.15) is 5.56 Å². The van der Waals surface area contributed by atoms with Gasteiger partial charge in [0.15, 0.2) is 0 Å². The zero-order chi connectivity index (χ0) is 9.54. The standard InChI is InChI=1S/C13H9S.Ir/c1-9-5-4-8-12-13(9)10-6-2-3-7-11(10)14-12;/h2-4,6-8H,1H3;/q-1;. The van der Waals surface area contributed by atoms with Gasteiger partial charge in [0, 0.05) is 24.8 Å². The van der Waals surface area contributed by atoms with Crippen molar-refractivity contribution in [2.75, 3.05) is 0 Å². The predicted octanol–water partition coefficient (Wildman–Crippen LogP) is 4.16. The fraction of sp³-hybridized carbons (Fsp3) is 0.0769. The van der Waals surface area contributed by atoms with Gasteiger partial charge in [-0.05, 0) is 6.07 Å². The van der Waals surface area contributed by atoms with Crippen LogP contribution in [-0.4, -0.2) is 0 Å². The average Bonchev–Trinajstić information content (AvgIpc) is 2.57. The molecular weight excluding hydrogens is 380 g/mol. The summed E-state index contributed by atoms with van der Waals surface area (Å²) in [6, 6.07) is 16.0. The van der Waals surface area contributed by atoms with Crippen LogP contribution >= 0.6 is 11.3 Å². The number of fused-ring (bicyclic) bond motifs is 3. The molecule has 1 radical (unpaired) electrons. The van der Waals surface area contributed by atoms with Crippen molar-refractivity contribution in [2.24, 2.45) is 0 Å². The largest absolute Gasteiger partial charge is 0.180 e. The molecule has 3 rings (SSSR count). The van der Waals surface area contributed by atoms with Crippen LogP contribution in [-0.2, 0) is 20.1 Å². The molecule has 1 heterocycles. The van der Waals surface area contributed by atoms with Crippen molar-refractivity contribution in [3.05, 3.63) is 48.0 Å². The van der Waals surface area contributed by atoms with Crippen LogP contribution in [0, 0.1) is 13.0 Å². The second-order valence-electron chi connectivity index (χ2n) is 3.44. The second kappa shape index (κ2) is 4.05. The molecule has 0 aliphatic carbocycles. The summed E-state index contributed by atoms with van der Waals surface area (Å²) in [5, 5.41) is 2.73. The van der Waals surface area contributed by atoms with Crippen LogP contribution in [0.15, 0.2) is 36.4 Å². The van der Waals surface area contributed by atoms with Gasteiger partial charge in [-0.3, -0.25) is 0 Å². The molecule has 3 aromatic rings. The summed E-state index contributed by atoms with van der Waals surface area (Å²) in [5.41, 5.74) is 1.25. The van der Waals surface area contributed by atoms with E-state index in [0.717, 1.165) is 0 Å². The summed E-state index contributed by atoms with van der Waals surface area (Å²) in [6.07, 6.45) is 0. The third kappa shape index (κ3) is 1.63. The molecule has 0 bridgehead atoms. The van der Waals surface area contributed by atoms with E-state index in [0.29, 0.717) is 0 Å². The number of rotatable bonds is 0. The van der Waals surface area contributed by atoms with E-state index in [1.54, 1.807) is 0 Å². The van der Waals surface area contributed by atoms with Crippen molar-refractivity contribution in [3.8, 4) is 0 Å². The quantitative estimate of drug-likeness (QED) is 0.507. The SMILES string of the molecule is Cc1[c-]ccc2sc3ccccc3c12.[Ir]. The van der Waals surface area contributed by atoms with Gasteiger partial charge in [0.05, 0.1) is 0 Å². The van der Waals surface area contributed by atoms with Crippen molar-refractivity contribution >= 4 is 31.5 Å². The molecule has 0 saturated heterocycles. The van der Waals surface area contributed by atoms with Gasteiger partial charge in [0.25, 0.3) is 0 Å². The Bertz CT molecular complexity index is 610. The molecule has 0 saturated carbocycles. The van der Waals surface area contributed by atoms with Gasteiger partial charge >= 0.3 is 0 Å². The molecule has 0 fully saturated rings. The van der Waals surface area contributed by atoms with Crippen molar-refractivity contribution in [3.63, 3.8) is 0 Å². The first-order valence-corrected chi connectivity index (χ1v) is 5.46. The fourth-order valence-corrected chi connectivity index (χ4v) is 3.05. The summed E-state index contributed by atoms with van der Waals surface area (Å²) >= 11 is 1.86. The van der Waals surface area contributed by atoms with Crippen LogP contribution in [0.4, 0.5) is 0 Å². The number of aryl methyl sites for hydroxylation is 1. The Balaban J connectivity index is 0.000000853. The molecule has 1 aromatic heterocycles. The van der Waals surface area contributed by atoms with E-state index in [2.05, 4.69) is 43.3 Å². The minimum absolute atomic E-state index is 0. The van der Waals surface area contributed by atoms with Crippen LogP contribution in [0.25, 0.3) is 20.2 Å². The zero-order valence-electron chi connectivity index (χ0n) is 8.21. The molecule has 0 atom stereocenters.